The van der Waals surface area contributed by atoms with Crippen molar-refractivity contribution in [1.82, 2.24) is 9.13 Å². The summed E-state index contributed by atoms with van der Waals surface area (Å²) in [5, 5.41) is 0.832. The van der Waals surface area contributed by atoms with Crippen LogP contribution in [0.25, 0.3) is 0 Å². The molecule has 0 saturated heterocycles. The van der Waals surface area contributed by atoms with Gasteiger partial charge in [0.05, 0.1) is 0 Å². The Morgan fingerprint density at radius 2 is 1.86 bits per heavy atom. The van der Waals surface area contributed by atoms with E-state index < -0.39 is 5.56 Å². The molecule has 118 valence electrons. The highest BCUT2D eigenvalue weighted by atomic mass is 32.2. The van der Waals surface area contributed by atoms with Crippen molar-refractivity contribution in [1.29, 1.82) is 0 Å². The molecule has 1 heterocycles. The largest absolute Gasteiger partial charge is 0.384 e. The Balaban J connectivity index is 3.63. The Bertz CT molecular complexity index is 656. The highest BCUT2D eigenvalue weighted by molar-refractivity contribution is 8.14. The van der Waals surface area contributed by atoms with Gasteiger partial charge in [-0.05, 0) is 5.92 Å². The molecule has 1 rings (SSSR count). The van der Waals surface area contributed by atoms with Crippen LogP contribution in [-0.4, -0.2) is 26.5 Å². The van der Waals surface area contributed by atoms with E-state index in [1.807, 2.05) is 27.7 Å². The summed E-state index contributed by atoms with van der Waals surface area (Å²) in [6.45, 7) is 8.49. The summed E-state index contributed by atoms with van der Waals surface area (Å²) < 4.78 is 2.55. The summed E-state index contributed by atoms with van der Waals surface area (Å²) in [5.74, 6) is 0.445. The topological polar surface area (TPSA) is 82.4 Å². The first-order valence-electron chi connectivity index (χ1n) is 6.93. The lowest BCUT2D eigenvalue weighted by atomic mass is 10.2. The lowest BCUT2D eigenvalue weighted by Gasteiger charge is -2.17. The van der Waals surface area contributed by atoms with Crippen LogP contribution >= 0.6 is 11.8 Å². The third-order valence-corrected chi connectivity index (χ3v) is 3.98. The molecule has 0 amide bonds. The highest BCUT2D eigenvalue weighted by Gasteiger charge is 2.21. The van der Waals surface area contributed by atoms with Gasteiger partial charge in [-0.15, -0.1) is 11.8 Å². The number of hydrogen-bond donors (Lipinski definition) is 1. The van der Waals surface area contributed by atoms with Crippen LogP contribution in [-0.2, 0) is 13.6 Å². The first-order chi connectivity index (χ1) is 9.70. The van der Waals surface area contributed by atoms with E-state index in [1.54, 1.807) is 7.05 Å². The number of thioether (sulfide) groups is 1. The Kier molecular flexibility index (Phi) is 5.83. The van der Waals surface area contributed by atoms with Gasteiger partial charge in [-0.1, -0.05) is 27.7 Å². The van der Waals surface area contributed by atoms with E-state index in [1.165, 1.54) is 23.4 Å². The van der Waals surface area contributed by atoms with Gasteiger partial charge in [0.25, 0.3) is 5.56 Å². The van der Waals surface area contributed by atoms with Gasteiger partial charge in [-0.25, -0.2) is 4.79 Å². The predicted molar refractivity (Wildman–Crippen MR) is 90.4 cm³/mol. The molecule has 0 aliphatic heterocycles. The standard InChI is InChI=1S/C14H24N4O2S/c1-8(2)7-18-11(15)10(12(16-5)21-9(3)4)13(19)17(6)14(18)20/h8-9H,7,15H2,1-6H3. The first kappa shape index (κ1) is 17.6. The van der Waals surface area contributed by atoms with E-state index in [9.17, 15) is 9.59 Å². The molecule has 7 heteroatoms. The predicted octanol–water partition coefficient (Wildman–Crippen LogP) is 1.30. The summed E-state index contributed by atoms with van der Waals surface area (Å²) in [4.78, 5) is 28.8. The van der Waals surface area contributed by atoms with Crippen molar-refractivity contribution >= 4 is 22.6 Å². The number of aliphatic imine (C=N–C) groups is 1. The first-order valence-corrected chi connectivity index (χ1v) is 7.81. The van der Waals surface area contributed by atoms with Gasteiger partial charge < -0.3 is 5.73 Å². The van der Waals surface area contributed by atoms with Crippen molar-refractivity contribution in [2.45, 2.75) is 39.5 Å². The summed E-state index contributed by atoms with van der Waals surface area (Å²) in [6.07, 6.45) is 0. The molecule has 1 aromatic rings. The van der Waals surface area contributed by atoms with Gasteiger partial charge in [0.15, 0.2) is 0 Å². The van der Waals surface area contributed by atoms with E-state index >= 15 is 0 Å². The molecule has 0 bridgehead atoms. The molecule has 0 aliphatic carbocycles. The molecule has 2 N–H and O–H groups in total. The van der Waals surface area contributed by atoms with Gasteiger partial charge in [0.1, 0.15) is 16.4 Å². The number of nitrogen functional groups attached to an aromatic ring is 1. The van der Waals surface area contributed by atoms with Crippen molar-refractivity contribution in [2.24, 2.45) is 18.0 Å². The molecule has 0 saturated carbocycles. The Labute approximate surface area is 129 Å². The summed E-state index contributed by atoms with van der Waals surface area (Å²) in [5.41, 5.74) is 5.64. The fourth-order valence-corrected chi connectivity index (χ4v) is 2.83. The van der Waals surface area contributed by atoms with Crippen molar-refractivity contribution < 1.29 is 0 Å². The Morgan fingerprint density at radius 1 is 1.29 bits per heavy atom. The molecule has 0 unspecified atom stereocenters. The smallest absolute Gasteiger partial charge is 0.332 e. The van der Waals surface area contributed by atoms with E-state index in [2.05, 4.69) is 4.99 Å². The number of aromatic nitrogens is 2. The van der Waals surface area contributed by atoms with Gasteiger partial charge in [0.2, 0.25) is 0 Å². The molecule has 0 aromatic carbocycles. The van der Waals surface area contributed by atoms with Crippen LogP contribution in [0.15, 0.2) is 14.6 Å². The normalized spacial score (nSPS) is 12.5. The van der Waals surface area contributed by atoms with Gasteiger partial charge in [-0.3, -0.25) is 18.9 Å². The van der Waals surface area contributed by atoms with E-state index in [-0.39, 0.29) is 22.7 Å². The van der Waals surface area contributed by atoms with Crippen molar-refractivity contribution in [3.63, 3.8) is 0 Å². The monoisotopic (exact) mass is 312 g/mol. The third-order valence-electron chi connectivity index (χ3n) is 2.90. The molecule has 6 nitrogen and oxygen atoms in total. The molecule has 0 aliphatic rings. The van der Waals surface area contributed by atoms with E-state index in [4.69, 9.17) is 5.73 Å². The quantitative estimate of drug-likeness (QED) is 0.671. The van der Waals surface area contributed by atoms with E-state index in [0.29, 0.717) is 17.2 Å². The second kappa shape index (κ2) is 6.98. The third kappa shape index (κ3) is 3.78. The van der Waals surface area contributed by atoms with Crippen LogP contribution in [0.1, 0.15) is 33.3 Å². The van der Waals surface area contributed by atoms with Crippen LogP contribution in [0.5, 0.6) is 0 Å². The maximum Gasteiger partial charge on any atom is 0.332 e. The Morgan fingerprint density at radius 3 is 2.29 bits per heavy atom. The lowest BCUT2D eigenvalue weighted by Crippen LogP contribution is -2.43. The zero-order chi connectivity index (χ0) is 16.3. The average molecular weight is 312 g/mol. The minimum Gasteiger partial charge on any atom is -0.384 e. The number of nitrogens with zero attached hydrogens (tertiary/aromatic N) is 3. The molecule has 0 spiro atoms. The minimum atomic E-state index is -0.397. The van der Waals surface area contributed by atoms with Gasteiger partial charge in [0, 0.05) is 25.9 Å². The molecular formula is C14H24N4O2S. The second-order valence-corrected chi connectivity index (χ2v) is 7.17. The fraction of sp³-hybridized carbons (Fsp3) is 0.643. The van der Waals surface area contributed by atoms with Crippen LogP contribution in [0.2, 0.25) is 0 Å². The average Bonchev–Trinajstić information content (AvgIpc) is 2.39. The SMILES string of the molecule is CN=C(SC(C)C)c1c(N)n(CC(C)C)c(=O)n(C)c1=O. The molecule has 1 aromatic heterocycles. The molecule has 21 heavy (non-hydrogen) atoms. The molecule has 0 fully saturated rings. The molecular weight excluding hydrogens is 288 g/mol. The van der Waals surface area contributed by atoms with Crippen molar-refractivity contribution in [3.05, 3.63) is 26.4 Å². The van der Waals surface area contributed by atoms with Crippen molar-refractivity contribution in [3.8, 4) is 0 Å². The second-order valence-electron chi connectivity index (χ2n) is 5.61. The van der Waals surface area contributed by atoms with E-state index in [0.717, 1.165) is 4.57 Å². The number of rotatable bonds is 4. The lowest BCUT2D eigenvalue weighted by molar-refractivity contribution is 0.493. The van der Waals surface area contributed by atoms with Gasteiger partial charge in [-0.2, -0.15) is 0 Å². The maximum atomic E-state index is 12.4. The van der Waals surface area contributed by atoms with Crippen LogP contribution < -0.4 is 17.0 Å². The van der Waals surface area contributed by atoms with Crippen molar-refractivity contribution in [2.75, 3.05) is 12.8 Å². The molecule has 0 atom stereocenters. The summed E-state index contributed by atoms with van der Waals surface area (Å²) >= 11 is 1.46. The summed E-state index contributed by atoms with van der Waals surface area (Å²) in [7, 11) is 3.10. The fourth-order valence-electron chi connectivity index (χ4n) is 1.97. The zero-order valence-corrected chi connectivity index (χ0v) is 14.3. The van der Waals surface area contributed by atoms with Gasteiger partial charge >= 0.3 is 5.69 Å². The summed E-state index contributed by atoms with van der Waals surface area (Å²) in [6, 6.07) is 0. The molecule has 0 radical (unpaired) electrons. The number of hydrogen-bond acceptors (Lipinski definition) is 5. The highest BCUT2D eigenvalue weighted by Crippen LogP contribution is 2.20. The number of nitrogens with two attached hydrogens (primary N) is 1. The van der Waals surface area contributed by atoms with Crippen LogP contribution in [0.3, 0.4) is 0 Å². The zero-order valence-electron chi connectivity index (χ0n) is 13.5. The van der Waals surface area contributed by atoms with Crippen LogP contribution in [0.4, 0.5) is 5.82 Å². The Hall–Kier alpha value is -1.50. The minimum absolute atomic E-state index is 0.200. The number of anilines is 1. The maximum absolute atomic E-state index is 12.4. The van der Waals surface area contributed by atoms with Crippen LogP contribution in [0, 0.1) is 5.92 Å².